The highest BCUT2D eigenvalue weighted by molar-refractivity contribution is 8.00. The molecule has 0 atom stereocenters. The van der Waals surface area contributed by atoms with Crippen LogP contribution in [0.1, 0.15) is 48.6 Å². The van der Waals surface area contributed by atoms with Gasteiger partial charge in [-0.25, -0.2) is 0 Å². The van der Waals surface area contributed by atoms with Gasteiger partial charge in [0, 0.05) is 53.7 Å². The molecule has 0 aliphatic carbocycles. The highest BCUT2D eigenvalue weighted by Gasteiger charge is 2.53. The molecule has 338 valence electrons. The minimum absolute atomic E-state index is 0.00335. The molecule has 15 rings (SSSR count). The van der Waals surface area contributed by atoms with Crippen LogP contribution in [0, 0.1) is 27.7 Å². The Morgan fingerprint density at radius 1 is 0.380 bits per heavy atom. The molecular formula is C62H47B3N2O2S2. The first-order chi connectivity index (χ1) is 34.5. The van der Waals surface area contributed by atoms with E-state index in [9.17, 15) is 0 Å². The maximum absolute atomic E-state index is 7.64. The van der Waals surface area contributed by atoms with Crippen molar-refractivity contribution in [2.45, 2.75) is 73.5 Å². The van der Waals surface area contributed by atoms with Gasteiger partial charge in [0.1, 0.15) is 23.0 Å². The summed E-state index contributed by atoms with van der Waals surface area (Å²) >= 11 is 3.76. The van der Waals surface area contributed by atoms with E-state index in [1.807, 2.05) is 23.5 Å². The predicted molar refractivity (Wildman–Crippen MR) is 302 cm³/mol. The molecule has 9 aromatic carbocycles. The Bertz CT molecular complexity index is 3580. The van der Waals surface area contributed by atoms with Gasteiger partial charge in [0.2, 0.25) is 0 Å². The van der Waals surface area contributed by atoms with Crippen molar-refractivity contribution in [3.8, 4) is 23.0 Å². The van der Waals surface area contributed by atoms with Crippen LogP contribution >= 0.6 is 23.5 Å². The Kier molecular flexibility index (Phi) is 8.73. The Balaban J connectivity index is 1.14. The highest BCUT2D eigenvalue weighted by Crippen LogP contribution is 2.52. The maximum atomic E-state index is 7.64. The minimum Gasteiger partial charge on any atom is -0.459 e. The smallest absolute Gasteiger partial charge is 0.261 e. The van der Waals surface area contributed by atoms with Gasteiger partial charge in [0.15, 0.2) is 0 Å². The lowest BCUT2D eigenvalue weighted by atomic mass is 9.29. The Morgan fingerprint density at radius 2 is 0.761 bits per heavy atom. The summed E-state index contributed by atoms with van der Waals surface area (Å²) in [5.74, 6) is 3.75. The molecule has 6 heterocycles. The summed E-state index contributed by atoms with van der Waals surface area (Å²) in [5, 5.41) is 0. The van der Waals surface area contributed by atoms with E-state index in [1.54, 1.807) is 0 Å². The van der Waals surface area contributed by atoms with Gasteiger partial charge in [0.05, 0.1) is 0 Å². The van der Waals surface area contributed by atoms with Crippen molar-refractivity contribution in [1.82, 2.24) is 0 Å². The fourth-order valence-electron chi connectivity index (χ4n) is 13.0. The third-order valence-electron chi connectivity index (χ3n) is 15.7. The monoisotopic (exact) mass is 948 g/mol. The van der Waals surface area contributed by atoms with E-state index < -0.39 is 0 Å². The molecule has 6 aliphatic rings. The molecule has 0 bridgehead atoms. The molecule has 0 radical (unpaired) electrons. The summed E-state index contributed by atoms with van der Waals surface area (Å²) < 4.78 is 15.3. The minimum atomic E-state index is -0.273. The van der Waals surface area contributed by atoms with E-state index >= 15 is 0 Å². The first kappa shape index (κ1) is 41.8. The van der Waals surface area contributed by atoms with Gasteiger partial charge in [-0.15, -0.1) is 0 Å². The number of hydrogen-bond acceptors (Lipinski definition) is 6. The van der Waals surface area contributed by atoms with E-state index in [2.05, 4.69) is 216 Å². The second-order valence-corrected chi connectivity index (χ2v) is 23.7. The Morgan fingerprint density at radius 3 is 1.18 bits per heavy atom. The molecule has 71 heavy (non-hydrogen) atoms. The summed E-state index contributed by atoms with van der Waals surface area (Å²) in [5.41, 5.74) is 24.2. The molecule has 0 amide bonds. The van der Waals surface area contributed by atoms with Gasteiger partial charge in [-0.2, -0.15) is 0 Å². The maximum Gasteiger partial charge on any atom is 0.261 e. The average Bonchev–Trinajstić information content (AvgIpc) is 3.35. The molecule has 0 unspecified atom stereocenters. The molecule has 6 aliphatic heterocycles. The lowest BCUT2D eigenvalue weighted by Gasteiger charge is -2.48. The quantitative estimate of drug-likeness (QED) is 0.160. The van der Waals surface area contributed by atoms with Crippen LogP contribution in [-0.4, -0.2) is 20.1 Å². The molecule has 0 fully saturated rings. The number of aryl methyl sites for hydroxylation is 4. The van der Waals surface area contributed by atoms with Crippen LogP contribution in [0.25, 0.3) is 0 Å². The van der Waals surface area contributed by atoms with E-state index in [0.717, 1.165) is 45.7 Å². The van der Waals surface area contributed by atoms with E-state index in [4.69, 9.17) is 9.47 Å². The van der Waals surface area contributed by atoms with Crippen LogP contribution in [-0.2, 0) is 5.41 Å². The fraction of sp³-hybridized carbons (Fsp3) is 0.129. The van der Waals surface area contributed by atoms with Gasteiger partial charge in [-0.3, -0.25) is 0 Å². The molecule has 0 spiro atoms. The zero-order chi connectivity index (χ0) is 47.8. The summed E-state index contributed by atoms with van der Waals surface area (Å²) in [4.78, 5) is 10.2. The SMILES string of the molecule is Cc1cc(C)cc(N2c3cc(C(C)(C)C)cc4c3B(c3c2cc2c5c3Oc3ccccc3B5c3ccccc3S2)c2c(cc3c5c2Oc2ccccc2B5c2ccccc2S3)N4c2cc(C)cc(C)c2)c1. The number of nitrogens with zero attached hydrogens (tertiary/aromatic N) is 2. The second kappa shape index (κ2) is 14.8. The lowest BCUT2D eigenvalue weighted by Crippen LogP contribution is -2.67. The number of hydrogen-bond donors (Lipinski definition) is 0. The average molecular weight is 949 g/mol. The number of para-hydroxylation sites is 2. The van der Waals surface area contributed by atoms with Gasteiger partial charge in [0.25, 0.3) is 20.1 Å². The summed E-state index contributed by atoms with van der Waals surface area (Å²) in [7, 11) is 0. The first-order valence-corrected chi connectivity index (χ1v) is 26.5. The topological polar surface area (TPSA) is 24.9 Å². The van der Waals surface area contributed by atoms with Crippen LogP contribution < -0.4 is 68.4 Å². The Hall–Kier alpha value is -6.93. The van der Waals surface area contributed by atoms with Crippen molar-refractivity contribution in [3.63, 3.8) is 0 Å². The van der Waals surface area contributed by atoms with Crippen molar-refractivity contribution >= 4 is 127 Å². The van der Waals surface area contributed by atoms with E-state index in [-0.39, 0.29) is 25.6 Å². The number of ether oxygens (including phenoxy) is 2. The predicted octanol–water partition coefficient (Wildman–Crippen LogP) is 10.5. The molecule has 0 N–H and O–H groups in total. The molecule has 0 aromatic heterocycles. The largest absolute Gasteiger partial charge is 0.459 e. The summed E-state index contributed by atoms with van der Waals surface area (Å²) in [6, 6.07) is 59.7. The first-order valence-electron chi connectivity index (χ1n) is 24.9. The number of anilines is 6. The number of benzene rings is 9. The number of rotatable bonds is 2. The molecule has 0 saturated heterocycles. The summed E-state index contributed by atoms with van der Waals surface area (Å²) in [6.45, 7) is 15.7. The van der Waals surface area contributed by atoms with Gasteiger partial charge < -0.3 is 19.3 Å². The molecular weight excluding hydrogens is 901 g/mol. The zero-order valence-electron chi connectivity index (χ0n) is 40.8. The third kappa shape index (κ3) is 5.94. The van der Waals surface area contributed by atoms with Gasteiger partial charge in [-0.1, -0.05) is 140 Å². The van der Waals surface area contributed by atoms with E-state index in [1.165, 1.54) is 108 Å². The lowest BCUT2D eigenvalue weighted by molar-refractivity contribution is 0.489. The van der Waals surface area contributed by atoms with Crippen molar-refractivity contribution in [2.75, 3.05) is 9.80 Å². The normalized spacial score (nSPS) is 14.7. The van der Waals surface area contributed by atoms with Gasteiger partial charge in [-0.05, 0) is 172 Å². The molecule has 9 aromatic rings. The third-order valence-corrected chi connectivity index (χ3v) is 18.0. The van der Waals surface area contributed by atoms with Crippen LogP contribution in [0.15, 0.2) is 177 Å². The van der Waals surface area contributed by atoms with E-state index in [0.29, 0.717) is 0 Å². The van der Waals surface area contributed by atoms with Crippen molar-refractivity contribution in [1.29, 1.82) is 0 Å². The van der Waals surface area contributed by atoms with Crippen molar-refractivity contribution in [3.05, 3.63) is 186 Å². The van der Waals surface area contributed by atoms with Crippen molar-refractivity contribution in [2.24, 2.45) is 0 Å². The standard InChI is InChI=1S/C62H47B3N2O2S2/c1-34-24-35(2)27-39(26-34)66-45-30-38(62(5,6)7)31-46-55(45)65(56-47(66)32-53-58-60(56)68-49-20-12-8-16-41(49)63(58)43-18-10-14-22-51(43)70-53)57-48(67(46)40-28-36(3)25-37(4)29-40)33-54-59-61(57)69-50-21-13-9-17-42(50)64(59)44-19-11-15-23-52(44)71-54/h8-33H,1-7H3. The van der Waals surface area contributed by atoms with Crippen molar-refractivity contribution < 1.29 is 9.47 Å². The van der Waals surface area contributed by atoms with Gasteiger partial charge >= 0.3 is 0 Å². The van der Waals surface area contributed by atoms with Crippen LogP contribution in [0.5, 0.6) is 23.0 Å². The Labute approximate surface area is 425 Å². The van der Waals surface area contributed by atoms with Crippen LogP contribution in [0.4, 0.5) is 34.1 Å². The van der Waals surface area contributed by atoms with Crippen LogP contribution in [0.3, 0.4) is 0 Å². The second-order valence-electron chi connectivity index (χ2n) is 21.5. The zero-order valence-corrected chi connectivity index (χ0v) is 42.4. The van der Waals surface area contributed by atoms with Crippen LogP contribution in [0.2, 0.25) is 0 Å². The molecule has 9 heteroatoms. The highest BCUT2D eigenvalue weighted by atomic mass is 32.2. The molecule has 0 saturated carbocycles. The molecule has 4 nitrogen and oxygen atoms in total. The fourth-order valence-corrected chi connectivity index (χ4v) is 15.3. The number of fused-ring (bicyclic) bond motifs is 14. The summed E-state index contributed by atoms with van der Waals surface area (Å²) in [6.07, 6.45) is 0.